The van der Waals surface area contributed by atoms with Crippen molar-refractivity contribution in [3.63, 3.8) is 0 Å². The Morgan fingerprint density at radius 1 is 1.25 bits per heavy atom. The number of ether oxygens (including phenoxy) is 1. The van der Waals surface area contributed by atoms with Crippen molar-refractivity contribution in [1.29, 1.82) is 0 Å². The van der Waals surface area contributed by atoms with Gasteiger partial charge in [0.25, 0.3) is 11.6 Å². The van der Waals surface area contributed by atoms with Gasteiger partial charge in [0.05, 0.1) is 4.92 Å². The number of carbonyl (C=O) groups excluding carboxylic acids is 1. The standard InChI is InChI=1S/C18H20N2O4/c1-12(2)15-9-8-14(10-13(15)3)24-11-18(21)19-16-6-4-5-7-17(16)20(22)23/h4-10,12H,11H2,1-3H3,(H,19,21). The molecule has 0 spiro atoms. The van der Waals surface area contributed by atoms with E-state index >= 15 is 0 Å². The highest BCUT2D eigenvalue weighted by Gasteiger charge is 2.15. The molecule has 0 atom stereocenters. The molecular weight excluding hydrogens is 308 g/mol. The highest BCUT2D eigenvalue weighted by molar-refractivity contribution is 5.94. The second-order valence-corrected chi connectivity index (χ2v) is 5.78. The van der Waals surface area contributed by atoms with Crippen LogP contribution in [0.1, 0.15) is 30.9 Å². The molecule has 0 aromatic heterocycles. The molecule has 0 aliphatic rings. The fourth-order valence-corrected chi connectivity index (χ4v) is 2.46. The van der Waals surface area contributed by atoms with E-state index < -0.39 is 10.8 Å². The van der Waals surface area contributed by atoms with Crippen LogP contribution >= 0.6 is 0 Å². The lowest BCUT2D eigenvalue weighted by Gasteiger charge is -2.12. The predicted molar refractivity (Wildman–Crippen MR) is 92.5 cm³/mol. The van der Waals surface area contributed by atoms with Crippen LogP contribution in [0.15, 0.2) is 42.5 Å². The predicted octanol–water partition coefficient (Wildman–Crippen LogP) is 4.04. The van der Waals surface area contributed by atoms with Crippen molar-refractivity contribution in [2.24, 2.45) is 0 Å². The molecule has 0 radical (unpaired) electrons. The minimum Gasteiger partial charge on any atom is -0.484 e. The number of nitro benzene ring substituents is 1. The molecule has 0 bridgehead atoms. The van der Waals surface area contributed by atoms with E-state index in [1.54, 1.807) is 12.1 Å². The number of aryl methyl sites for hydroxylation is 1. The molecule has 2 aromatic rings. The van der Waals surface area contributed by atoms with Crippen LogP contribution in [0.25, 0.3) is 0 Å². The third kappa shape index (κ3) is 4.32. The van der Waals surface area contributed by atoms with Crippen LogP contribution in [-0.4, -0.2) is 17.4 Å². The first-order chi connectivity index (χ1) is 11.4. The Kier molecular flexibility index (Phi) is 5.52. The first kappa shape index (κ1) is 17.5. The van der Waals surface area contributed by atoms with Crippen LogP contribution < -0.4 is 10.1 Å². The molecule has 2 aromatic carbocycles. The fourth-order valence-electron chi connectivity index (χ4n) is 2.46. The topological polar surface area (TPSA) is 81.5 Å². The molecule has 0 unspecified atom stereocenters. The lowest BCUT2D eigenvalue weighted by Crippen LogP contribution is -2.20. The third-order valence-corrected chi connectivity index (χ3v) is 3.61. The molecule has 6 heteroatoms. The number of anilines is 1. The normalized spacial score (nSPS) is 10.5. The molecule has 1 amide bonds. The number of nitrogens with one attached hydrogen (secondary N) is 1. The van der Waals surface area contributed by atoms with Gasteiger partial charge in [0.2, 0.25) is 0 Å². The monoisotopic (exact) mass is 328 g/mol. The number of amides is 1. The van der Waals surface area contributed by atoms with E-state index in [1.165, 1.54) is 17.7 Å². The van der Waals surface area contributed by atoms with Crippen molar-refractivity contribution >= 4 is 17.3 Å². The van der Waals surface area contributed by atoms with Crippen molar-refractivity contribution in [1.82, 2.24) is 0 Å². The summed E-state index contributed by atoms with van der Waals surface area (Å²) >= 11 is 0. The zero-order chi connectivity index (χ0) is 17.7. The number of benzene rings is 2. The molecule has 0 aliphatic heterocycles. The summed E-state index contributed by atoms with van der Waals surface area (Å²) in [6.45, 7) is 6.01. The Bertz CT molecular complexity index is 756. The molecule has 0 aliphatic carbocycles. The van der Waals surface area contributed by atoms with E-state index in [-0.39, 0.29) is 18.0 Å². The van der Waals surface area contributed by atoms with Crippen LogP contribution in [-0.2, 0) is 4.79 Å². The highest BCUT2D eigenvalue weighted by atomic mass is 16.6. The summed E-state index contributed by atoms with van der Waals surface area (Å²) in [4.78, 5) is 22.4. The van der Waals surface area contributed by atoms with Gasteiger partial charge in [0.1, 0.15) is 11.4 Å². The second kappa shape index (κ2) is 7.59. The van der Waals surface area contributed by atoms with Gasteiger partial charge in [0, 0.05) is 6.07 Å². The van der Waals surface area contributed by atoms with Crippen molar-refractivity contribution in [2.75, 3.05) is 11.9 Å². The maximum absolute atomic E-state index is 12.0. The van der Waals surface area contributed by atoms with Gasteiger partial charge in [-0.15, -0.1) is 0 Å². The number of para-hydroxylation sites is 2. The number of hydrogen-bond acceptors (Lipinski definition) is 4. The molecule has 0 saturated carbocycles. The number of rotatable bonds is 6. The zero-order valence-corrected chi connectivity index (χ0v) is 13.9. The van der Waals surface area contributed by atoms with Gasteiger partial charge >= 0.3 is 0 Å². The zero-order valence-electron chi connectivity index (χ0n) is 13.9. The molecule has 126 valence electrons. The van der Waals surface area contributed by atoms with E-state index in [0.717, 1.165) is 5.56 Å². The Morgan fingerprint density at radius 2 is 1.96 bits per heavy atom. The number of hydrogen-bond donors (Lipinski definition) is 1. The van der Waals surface area contributed by atoms with Crippen LogP contribution in [0, 0.1) is 17.0 Å². The van der Waals surface area contributed by atoms with Gasteiger partial charge in [-0.05, 0) is 42.2 Å². The minimum absolute atomic E-state index is 0.150. The summed E-state index contributed by atoms with van der Waals surface area (Å²) in [5.41, 5.74) is 2.33. The molecule has 0 saturated heterocycles. The van der Waals surface area contributed by atoms with Gasteiger partial charge in [-0.1, -0.05) is 32.0 Å². The summed E-state index contributed by atoms with van der Waals surface area (Å²) < 4.78 is 5.47. The lowest BCUT2D eigenvalue weighted by molar-refractivity contribution is -0.383. The van der Waals surface area contributed by atoms with Gasteiger partial charge in [0.15, 0.2) is 6.61 Å². The second-order valence-electron chi connectivity index (χ2n) is 5.78. The van der Waals surface area contributed by atoms with Crippen molar-refractivity contribution in [2.45, 2.75) is 26.7 Å². The quantitative estimate of drug-likeness (QED) is 0.641. The van der Waals surface area contributed by atoms with Crippen molar-refractivity contribution < 1.29 is 14.5 Å². The van der Waals surface area contributed by atoms with Crippen LogP contribution in [0.5, 0.6) is 5.75 Å². The van der Waals surface area contributed by atoms with Gasteiger partial charge in [-0.2, -0.15) is 0 Å². The Labute approximate surface area is 140 Å². The SMILES string of the molecule is Cc1cc(OCC(=O)Nc2ccccc2[N+](=O)[O-])ccc1C(C)C. The summed E-state index contributed by atoms with van der Waals surface area (Å²) in [7, 11) is 0. The number of nitro groups is 1. The highest BCUT2D eigenvalue weighted by Crippen LogP contribution is 2.24. The smallest absolute Gasteiger partial charge is 0.292 e. The molecule has 2 rings (SSSR count). The molecule has 0 heterocycles. The van der Waals surface area contributed by atoms with E-state index in [9.17, 15) is 14.9 Å². The third-order valence-electron chi connectivity index (χ3n) is 3.61. The largest absolute Gasteiger partial charge is 0.484 e. The van der Waals surface area contributed by atoms with Crippen LogP contribution in [0.4, 0.5) is 11.4 Å². The van der Waals surface area contributed by atoms with Crippen LogP contribution in [0.3, 0.4) is 0 Å². The maximum Gasteiger partial charge on any atom is 0.292 e. The van der Waals surface area contributed by atoms with E-state index in [2.05, 4.69) is 19.2 Å². The molecule has 6 nitrogen and oxygen atoms in total. The summed E-state index contributed by atoms with van der Waals surface area (Å²) in [5.74, 6) is 0.561. The number of carbonyl (C=O) groups is 1. The minimum atomic E-state index is -0.537. The van der Waals surface area contributed by atoms with E-state index in [0.29, 0.717) is 11.7 Å². The van der Waals surface area contributed by atoms with Gasteiger partial charge < -0.3 is 10.1 Å². The Morgan fingerprint density at radius 3 is 2.58 bits per heavy atom. The van der Waals surface area contributed by atoms with Gasteiger partial charge in [-0.3, -0.25) is 14.9 Å². The number of nitrogens with zero attached hydrogens (tertiary/aromatic N) is 1. The lowest BCUT2D eigenvalue weighted by atomic mass is 9.98. The summed E-state index contributed by atoms with van der Waals surface area (Å²) in [6.07, 6.45) is 0. The fraction of sp³-hybridized carbons (Fsp3) is 0.278. The van der Waals surface area contributed by atoms with Crippen LogP contribution in [0.2, 0.25) is 0 Å². The summed E-state index contributed by atoms with van der Waals surface area (Å²) in [5, 5.41) is 13.4. The molecule has 24 heavy (non-hydrogen) atoms. The molecule has 0 fully saturated rings. The van der Waals surface area contributed by atoms with Gasteiger partial charge in [-0.25, -0.2) is 0 Å². The first-order valence-electron chi connectivity index (χ1n) is 7.65. The average Bonchev–Trinajstić information content (AvgIpc) is 2.53. The first-order valence-corrected chi connectivity index (χ1v) is 7.65. The van der Waals surface area contributed by atoms with Crippen molar-refractivity contribution in [3.8, 4) is 5.75 Å². The van der Waals surface area contributed by atoms with E-state index in [1.807, 2.05) is 25.1 Å². The van der Waals surface area contributed by atoms with E-state index in [4.69, 9.17) is 4.74 Å². The summed E-state index contributed by atoms with van der Waals surface area (Å²) in [6, 6.07) is 11.7. The molecule has 1 N–H and O–H groups in total. The average molecular weight is 328 g/mol. The molecular formula is C18H20N2O4. The maximum atomic E-state index is 12.0. The van der Waals surface area contributed by atoms with Crippen molar-refractivity contribution in [3.05, 3.63) is 63.7 Å². The Balaban J connectivity index is 1.99. The Hall–Kier alpha value is -2.89.